The molecule has 1 aromatic carbocycles. The van der Waals surface area contributed by atoms with Gasteiger partial charge in [-0.15, -0.1) is 0 Å². The third-order valence-corrected chi connectivity index (χ3v) is 6.00. The molecule has 6 heteroatoms. The van der Waals surface area contributed by atoms with Gasteiger partial charge in [0, 0.05) is 19.1 Å². The molecule has 2 unspecified atom stereocenters. The summed E-state index contributed by atoms with van der Waals surface area (Å²) >= 11 is 0. The number of piperidine rings is 1. The third-order valence-electron chi connectivity index (χ3n) is 4.55. The summed E-state index contributed by atoms with van der Waals surface area (Å²) in [6, 6.07) is 8.18. The van der Waals surface area contributed by atoms with Crippen LogP contribution in [0.2, 0.25) is 0 Å². The van der Waals surface area contributed by atoms with Gasteiger partial charge >= 0.3 is 0 Å². The summed E-state index contributed by atoms with van der Waals surface area (Å²) in [4.78, 5) is 2.20. The van der Waals surface area contributed by atoms with E-state index in [0.29, 0.717) is 12.5 Å². The monoisotopic (exact) mass is 354 g/mol. The number of rotatable bonds is 7. The van der Waals surface area contributed by atoms with Gasteiger partial charge in [-0.25, -0.2) is 13.1 Å². The lowest BCUT2D eigenvalue weighted by Gasteiger charge is -2.36. The first-order chi connectivity index (χ1) is 11.3. The van der Waals surface area contributed by atoms with Crippen LogP contribution in [0.4, 0.5) is 0 Å². The standard InChI is InChI=1S/C18H30N2O3S/c1-5-24(21,22)19-17-7-6-12-20(13-17)15(4)23-18-10-8-16(9-11-18)14(2)3/h8-11,14-15,17,19H,5-7,12-13H2,1-4H3. The van der Waals surface area contributed by atoms with E-state index in [2.05, 4.69) is 35.6 Å². The molecule has 1 saturated heterocycles. The Kier molecular flexibility index (Phi) is 6.66. The van der Waals surface area contributed by atoms with Crippen molar-refractivity contribution in [1.29, 1.82) is 0 Å². The molecular formula is C18H30N2O3S. The highest BCUT2D eigenvalue weighted by Crippen LogP contribution is 2.21. The maximum atomic E-state index is 11.8. The Morgan fingerprint density at radius 1 is 1.25 bits per heavy atom. The van der Waals surface area contributed by atoms with Crippen molar-refractivity contribution in [3.63, 3.8) is 0 Å². The lowest BCUT2D eigenvalue weighted by Crippen LogP contribution is -2.51. The van der Waals surface area contributed by atoms with E-state index >= 15 is 0 Å². The van der Waals surface area contributed by atoms with E-state index < -0.39 is 10.0 Å². The summed E-state index contributed by atoms with van der Waals surface area (Å²) in [5.74, 6) is 1.48. The largest absolute Gasteiger partial charge is 0.475 e. The first-order valence-electron chi connectivity index (χ1n) is 8.81. The molecule has 0 spiro atoms. The summed E-state index contributed by atoms with van der Waals surface area (Å²) in [6.07, 6.45) is 1.77. The van der Waals surface area contributed by atoms with Crippen LogP contribution < -0.4 is 9.46 Å². The molecule has 5 nitrogen and oxygen atoms in total. The first-order valence-corrected chi connectivity index (χ1v) is 10.5. The first kappa shape index (κ1) is 19.2. The Bertz CT molecular complexity index is 614. The van der Waals surface area contributed by atoms with E-state index in [4.69, 9.17) is 4.74 Å². The van der Waals surface area contributed by atoms with E-state index in [9.17, 15) is 8.42 Å². The molecule has 2 rings (SSSR count). The van der Waals surface area contributed by atoms with Crippen molar-refractivity contribution in [3.05, 3.63) is 29.8 Å². The van der Waals surface area contributed by atoms with Crippen LogP contribution in [0.25, 0.3) is 0 Å². The number of hydrogen-bond acceptors (Lipinski definition) is 4. The zero-order valence-electron chi connectivity index (χ0n) is 15.2. The Labute approximate surface area is 146 Å². The van der Waals surface area contributed by atoms with Crippen molar-refractivity contribution in [3.8, 4) is 5.75 Å². The maximum absolute atomic E-state index is 11.8. The predicted octanol–water partition coefficient (Wildman–Crippen LogP) is 2.94. The van der Waals surface area contributed by atoms with Gasteiger partial charge in [0.1, 0.15) is 12.0 Å². The van der Waals surface area contributed by atoms with Gasteiger partial charge in [0.15, 0.2) is 0 Å². The van der Waals surface area contributed by atoms with Crippen LogP contribution in [0, 0.1) is 0 Å². The average Bonchev–Trinajstić information content (AvgIpc) is 2.55. The number of nitrogens with zero attached hydrogens (tertiary/aromatic N) is 1. The van der Waals surface area contributed by atoms with Gasteiger partial charge in [0.05, 0.1) is 5.75 Å². The van der Waals surface area contributed by atoms with Gasteiger partial charge in [0.2, 0.25) is 10.0 Å². The van der Waals surface area contributed by atoms with Crippen LogP contribution in [-0.2, 0) is 10.0 Å². The number of ether oxygens (including phenoxy) is 1. The second kappa shape index (κ2) is 8.32. The zero-order valence-corrected chi connectivity index (χ0v) is 16.0. The summed E-state index contributed by atoms with van der Waals surface area (Å²) < 4.78 is 32.4. The Morgan fingerprint density at radius 3 is 2.50 bits per heavy atom. The number of nitrogens with one attached hydrogen (secondary N) is 1. The number of hydrogen-bond donors (Lipinski definition) is 1. The molecule has 0 bridgehead atoms. The average molecular weight is 355 g/mol. The number of likely N-dealkylation sites (tertiary alicyclic amines) is 1. The van der Waals surface area contributed by atoms with E-state index in [1.54, 1.807) is 6.92 Å². The Hall–Kier alpha value is -1.11. The molecule has 1 heterocycles. The van der Waals surface area contributed by atoms with Gasteiger partial charge in [-0.2, -0.15) is 0 Å². The van der Waals surface area contributed by atoms with Crippen molar-refractivity contribution in [2.45, 2.75) is 58.7 Å². The van der Waals surface area contributed by atoms with E-state index in [0.717, 1.165) is 25.1 Å². The molecule has 24 heavy (non-hydrogen) atoms. The van der Waals surface area contributed by atoms with E-state index in [1.807, 2.05) is 19.1 Å². The predicted molar refractivity (Wildman–Crippen MR) is 97.8 cm³/mol. The highest BCUT2D eigenvalue weighted by molar-refractivity contribution is 7.89. The van der Waals surface area contributed by atoms with Crippen molar-refractivity contribution >= 4 is 10.0 Å². The van der Waals surface area contributed by atoms with Crippen LogP contribution >= 0.6 is 0 Å². The SMILES string of the molecule is CCS(=O)(=O)NC1CCCN(C(C)Oc2ccc(C(C)C)cc2)C1. The molecule has 0 saturated carbocycles. The minimum Gasteiger partial charge on any atom is -0.475 e. The molecule has 1 fully saturated rings. The van der Waals surface area contributed by atoms with Crippen LogP contribution in [0.3, 0.4) is 0 Å². The lowest BCUT2D eigenvalue weighted by molar-refractivity contribution is 0.0190. The van der Waals surface area contributed by atoms with Gasteiger partial charge in [0.25, 0.3) is 0 Å². The summed E-state index contributed by atoms with van der Waals surface area (Å²) in [5, 5.41) is 0. The highest BCUT2D eigenvalue weighted by atomic mass is 32.2. The van der Waals surface area contributed by atoms with Crippen LogP contribution in [0.1, 0.15) is 52.0 Å². The molecule has 0 amide bonds. The minimum absolute atomic E-state index is 0.0296. The van der Waals surface area contributed by atoms with Crippen molar-refractivity contribution < 1.29 is 13.2 Å². The third kappa shape index (κ3) is 5.46. The second-order valence-electron chi connectivity index (χ2n) is 6.80. The molecule has 136 valence electrons. The van der Waals surface area contributed by atoms with Crippen molar-refractivity contribution in [1.82, 2.24) is 9.62 Å². The Morgan fingerprint density at radius 2 is 1.92 bits per heavy atom. The molecule has 1 aliphatic heterocycles. The quantitative estimate of drug-likeness (QED) is 0.818. The van der Waals surface area contributed by atoms with Gasteiger partial charge in [-0.1, -0.05) is 26.0 Å². The fourth-order valence-electron chi connectivity index (χ4n) is 2.97. The molecule has 2 atom stereocenters. The molecule has 1 aromatic rings. The molecule has 0 radical (unpaired) electrons. The Balaban J connectivity index is 1.92. The summed E-state index contributed by atoms with van der Waals surface area (Å²) in [7, 11) is -3.16. The zero-order chi connectivity index (χ0) is 17.7. The van der Waals surface area contributed by atoms with Crippen LogP contribution in [0.15, 0.2) is 24.3 Å². The van der Waals surface area contributed by atoms with Crippen molar-refractivity contribution in [2.75, 3.05) is 18.8 Å². The normalized spacial score (nSPS) is 21.0. The van der Waals surface area contributed by atoms with E-state index in [1.165, 1.54) is 5.56 Å². The summed E-state index contributed by atoms with van der Waals surface area (Å²) in [5.41, 5.74) is 1.29. The molecule has 0 aromatic heterocycles. The smallest absolute Gasteiger partial charge is 0.211 e. The second-order valence-corrected chi connectivity index (χ2v) is 8.84. The molecular weight excluding hydrogens is 324 g/mol. The minimum atomic E-state index is -3.16. The van der Waals surface area contributed by atoms with Gasteiger partial charge in [-0.3, -0.25) is 4.90 Å². The van der Waals surface area contributed by atoms with Gasteiger partial charge in [-0.05, 0) is 50.3 Å². The van der Waals surface area contributed by atoms with Crippen molar-refractivity contribution in [2.24, 2.45) is 0 Å². The molecule has 1 N–H and O–H groups in total. The lowest BCUT2D eigenvalue weighted by atomic mass is 10.0. The van der Waals surface area contributed by atoms with Crippen LogP contribution in [-0.4, -0.2) is 44.4 Å². The molecule has 1 aliphatic rings. The number of sulfonamides is 1. The fraction of sp³-hybridized carbons (Fsp3) is 0.667. The van der Waals surface area contributed by atoms with Gasteiger partial charge < -0.3 is 4.74 Å². The van der Waals surface area contributed by atoms with E-state index in [-0.39, 0.29) is 18.0 Å². The number of benzene rings is 1. The highest BCUT2D eigenvalue weighted by Gasteiger charge is 2.26. The topological polar surface area (TPSA) is 58.6 Å². The fourth-order valence-corrected chi connectivity index (χ4v) is 3.84. The summed E-state index contributed by atoms with van der Waals surface area (Å²) in [6.45, 7) is 9.63. The molecule has 0 aliphatic carbocycles. The maximum Gasteiger partial charge on any atom is 0.211 e. The van der Waals surface area contributed by atoms with Crippen LogP contribution in [0.5, 0.6) is 5.75 Å².